The molecule has 0 spiro atoms. The van der Waals surface area contributed by atoms with Crippen LogP contribution in [0.15, 0.2) is 30.3 Å². The maximum absolute atomic E-state index is 12.0. The minimum atomic E-state index is -0.0789. The Bertz CT molecular complexity index is 405. The van der Waals surface area contributed by atoms with Crippen molar-refractivity contribution >= 4 is 5.91 Å². The summed E-state index contributed by atoms with van der Waals surface area (Å²) in [4.78, 5) is 13.9. The van der Waals surface area contributed by atoms with Crippen LogP contribution in [0.5, 0.6) is 0 Å². The van der Waals surface area contributed by atoms with Crippen molar-refractivity contribution in [1.82, 2.24) is 4.90 Å². The highest BCUT2D eigenvalue weighted by Gasteiger charge is 2.51. The van der Waals surface area contributed by atoms with Gasteiger partial charge in [-0.1, -0.05) is 18.2 Å². The highest BCUT2D eigenvalue weighted by Crippen LogP contribution is 2.43. The minimum Gasteiger partial charge on any atom is -0.335 e. The van der Waals surface area contributed by atoms with Gasteiger partial charge in [0.2, 0.25) is 0 Å². The number of rotatable bonds is 2. The molecule has 1 aromatic carbocycles. The zero-order valence-corrected chi connectivity index (χ0v) is 9.23. The van der Waals surface area contributed by atoms with Crippen LogP contribution in [-0.4, -0.2) is 29.4 Å². The maximum atomic E-state index is 12.0. The molecule has 1 saturated carbocycles. The van der Waals surface area contributed by atoms with Crippen LogP contribution in [0.1, 0.15) is 23.2 Å². The molecule has 1 aromatic rings. The largest absolute Gasteiger partial charge is 0.335 e. The molecule has 1 aliphatic carbocycles. The van der Waals surface area contributed by atoms with Gasteiger partial charge in [-0.05, 0) is 30.9 Å². The van der Waals surface area contributed by atoms with E-state index in [2.05, 4.69) is 0 Å². The molecule has 16 heavy (non-hydrogen) atoms. The third-order valence-electron chi connectivity index (χ3n) is 3.67. The first-order valence-electron chi connectivity index (χ1n) is 5.82. The average Bonchev–Trinajstić information content (AvgIpc) is 3.09. The van der Waals surface area contributed by atoms with Crippen LogP contribution in [0.2, 0.25) is 0 Å². The SMILES string of the molecule is NC1(C2CC2)CN(C(=O)c2ccccc2)C1. The van der Waals surface area contributed by atoms with Gasteiger partial charge in [-0.15, -0.1) is 0 Å². The first kappa shape index (κ1) is 9.85. The topological polar surface area (TPSA) is 46.3 Å². The van der Waals surface area contributed by atoms with Crippen molar-refractivity contribution in [2.24, 2.45) is 11.7 Å². The quantitative estimate of drug-likeness (QED) is 0.808. The number of nitrogens with zero attached hydrogens (tertiary/aromatic N) is 1. The monoisotopic (exact) mass is 216 g/mol. The van der Waals surface area contributed by atoms with Crippen LogP contribution in [0, 0.1) is 5.92 Å². The van der Waals surface area contributed by atoms with Crippen molar-refractivity contribution in [3.63, 3.8) is 0 Å². The molecule has 2 N–H and O–H groups in total. The molecule has 0 atom stereocenters. The van der Waals surface area contributed by atoms with Crippen LogP contribution < -0.4 is 5.73 Å². The summed E-state index contributed by atoms with van der Waals surface area (Å²) < 4.78 is 0. The van der Waals surface area contributed by atoms with Crippen molar-refractivity contribution in [2.45, 2.75) is 18.4 Å². The van der Waals surface area contributed by atoms with Crippen molar-refractivity contribution in [3.05, 3.63) is 35.9 Å². The van der Waals surface area contributed by atoms with Gasteiger partial charge in [-0.2, -0.15) is 0 Å². The zero-order valence-electron chi connectivity index (χ0n) is 9.23. The highest BCUT2D eigenvalue weighted by atomic mass is 16.2. The lowest BCUT2D eigenvalue weighted by Crippen LogP contribution is -2.69. The highest BCUT2D eigenvalue weighted by molar-refractivity contribution is 5.94. The second kappa shape index (κ2) is 3.32. The summed E-state index contributed by atoms with van der Waals surface area (Å²) in [5.74, 6) is 0.773. The van der Waals surface area contributed by atoms with E-state index in [1.807, 2.05) is 35.2 Å². The van der Waals surface area contributed by atoms with E-state index >= 15 is 0 Å². The van der Waals surface area contributed by atoms with Gasteiger partial charge in [-0.3, -0.25) is 4.79 Å². The number of hydrogen-bond acceptors (Lipinski definition) is 2. The normalized spacial score (nSPS) is 22.7. The van der Waals surface area contributed by atoms with E-state index < -0.39 is 0 Å². The second-order valence-electron chi connectivity index (χ2n) is 5.03. The van der Waals surface area contributed by atoms with Crippen LogP contribution in [0.3, 0.4) is 0 Å². The molecule has 1 aliphatic heterocycles. The van der Waals surface area contributed by atoms with E-state index in [1.54, 1.807) is 0 Å². The Morgan fingerprint density at radius 3 is 2.44 bits per heavy atom. The zero-order chi connectivity index (χ0) is 11.2. The number of carbonyl (C=O) groups excluding carboxylic acids is 1. The van der Waals surface area contributed by atoms with Gasteiger partial charge in [-0.25, -0.2) is 0 Å². The molecule has 1 amide bonds. The molecule has 3 rings (SSSR count). The van der Waals surface area contributed by atoms with E-state index in [4.69, 9.17) is 5.73 Å². The van der Waals surface area contributed by atoms with Crippen LogP contribution in [0.25, 0.3) is 0 Å². The summed E-state index contributed by atoms with van der Waals surface area (Å²) in [5.41, 5.74) is 6.91. The molecule has 2 fully saturated rings. The summed E-state index contributed by atoms with van der Waals surface area (Å²) in [7, 11) is 0. The Hall–Kier alpha value is -1.35. The summed E-state index contributed by atoms with van der Waals surface area (Å²) in [6, 6.07) is 9.42. The van der Waals surface area contributed by atoms with E-state index in [9.17, 15) is 4.79 Å². The molecular weight excluding hydrogens is 200 g/mol. The molecule has 0 unspecified atom stereocenters. The molecule has 84 valence electrons. The number of nitrogens with two attached hydrogens (primary N) is 1. The van der Waals surface area contributed by atoms with Gasteiger partial charge in [0.05, 0.1) is 5.54 Å². The van der Waals surface area contributed by atoms with Crippen LogP contribution >= 0.6 is 0 Å². The van der Waals surface area contributed by atoms with Gasteiger partial charge in [0.15, 0.2) is 0 Å². The smallest absolute Gasteiger partial charge is 0.253 e. The van der Waals surface area contributed by atoms with E-state index in [1.165, 1.54) is 12.8 Å². The third-order valence-corrected chi connectivity index (χ3v) is 3.67. The molecular formula is C13H16N2O. The van der Waals surface area contributed by atoms with Gasteiger partial charge < -0.3 is 10.6 Å². The van der Waals surface area contributed by atoms with Gasteiger partial charge >= 0.3 is 0 Å². The Labute approximate surface area is 95.2 Å². The first-order valence-corrected chi connectivity index (χ1v) is 5.82. The number of amides is 1. The Morgan fingerprint density at radius 2 is 1.88 bits per heavy atom. The summed E-state index contributed by atoms with van der Waals surface area (Å²) >= 11 is 0. The Kier molecular flexibility index (Phi) is 2.04. The summed E-state index contributed by atoms with van der Waals surface area (Å²) in [6.07, 6.45) is 2.48. The molecule has 1 heterocycles. The molecule has 3 nitrogen and oxygen atoms in total. The third kappa shape index (κ3) is 1.52. The predicted molar refractivity (Wildman–Crippen MR) is 62.0 cm³/mol. The van der Waals surface area contributed by atoms with Crippen molar-refractivity contribution in [3.8, 4) is 0 Å². The molecule has 1 saturated heterocycles. The van der Waals surface area contributed by atoms with E-state index in [-0.39, 0.29) is 11.4 Å². The van der Waals surface area contributed by atoms with Gasteiger partial charge in [0.1, 0.15) is 0 Å². The van der Waals surface area contributed by atoms with Gasteiger partial charge in [0, 0.05) is 18.7 Å². The van der Waals surface area contributed by atoms with Crippen LogP contribution in [0.4, 0.5) is 0 Å². The standard InChI is InChI=1S/C13H16N2O/c14-13(11-6-7-11)8-15(9-13)12(16)10-4-2-1-3-5-10/h1-5,11H,6-9,14H2. The number of hydrogen-bond donors (Lipinski definition) is 1. The minimum absolute atomic E-state index is 0.0789. The molecule has 2 aliphatic rings. The number of benzene rings is 1. The Morgan fingerprint density at radius 1 is 1.25 bits per heavy atom. The number of carbonyl (C=O) groups is 1. The van der Waals surface area contributed by atoms with Gasteiger partial charge in [0.25, 0.3) is 5.91 Å². The first-order chi connectivity index (χ1) is 7.69. The Balaban J connectivity index is 1.66. The molecule has 0 bridgehead atoms. The fraction of sp³-hybridized carbons (Fsp3) is 0.462. The summed E-state index contributed by atoms with van der Waals surface area (Å²) in [6.45, 7) is 1.46. The fourth-order valence-electron chi connectivity index (χ4n) is 2.49. The van der Waals surface area contributed by atoms with E-state index in [0.717, 1.165) is 18.7 Å². The lowest BCUT2D eigenvalue weighted by Gasteiger charge is -2.48. The lowest BCUT2D eigenvalue weighted by molar-refractivity contribution is 0.0350. The molecule has 3 heteroatoms. The molecule has 0 aromatic heterocycles. The van der Waals surface area contributed by atoms with E-state index in [0.29, 0.717) is 5.92 Å². The second-order valence-corrected chi connectivity index (χ2v) is 5.03. The summed E-state index contributed by atoms with van der Waals surface area (Å²) in [5, 5.41) is 0. The molecule has 0 radical (unpaired) electrons. The maximum Gasteiger partial charge on any atom is 0.253 e. The fourth-order valence-corrected chi connectivity index (χ4v) is 2.49. The predicted octanol–water partition coefficient (Wildman–Crippen LogP) is 1.25. The van der Waals surface area contributed by atoms with Crippen molar-refractivity contribution < 1.29 is 4.79 Å². The number of likely N-dealkylation sites (tertiary alicyclic amines) is 1. The average molecular weight is 216 g/mol. The van der Waals surface area contributed by atoms with Crippen molar-refractivity contribution in [2.75, 3.05) is 13.1 Å². The lowest BCUT2D eigenvalue weighted by atomic mass is 9.85. The van der Waals surface area contributed by atoms with Crippen LogP contribution in [-0.2, 0) is 0 Å². The van der Waals surface area contributed by atoms with Crippen molar-refractivity contribution in [1.29, 1.82) is 0 Å².